The molecule has 9 heteroatoms. The van der Waals surface area contributed by atoms with Crippen molar-refractivity contribution in [1.82, 2.24) is 18.5 Å². The van der Waals surface area contributed by atoms with E-state index in [4.69, 9.17) is 5.73 Å². The van der Waals surface area contributed by atoms with E-state index in [1.165, 1.54) is 20.4 Å². The van der Waals surface area contributed by atoms with Gasteiger partial charge in [-0.3, -0.25) is 0 Å². The van der Waals surface area contributed by atoms with E-state index in [1.54, 1.807) is 6.08 Å². The first-order valence-corrected chi connectivity index (χ1v) is 7.54. The minimum Gasteiger partial charge on any atom is -0.319 e. The largest absolute Gasteiger partial charge is 0.323 e. The summed E-state index contributed by atoms with van der Waals surface area (Å²) in [6.07, 6.45) is 2.84. The van der Waals surface area contributed by atoms with Gasteiger partial charge in [0.25, 0.3) is 0 Å². The van der Waals surface area contributed by atoms with E-state index in [1.807, 2.05) is 6.92 Å². The van der Waals surface area contributed by atoms with Crippen LogP contribution in [0, 0.1) is 5.92 Å². The van der Waals surface area contributed by atoms with Crippen molar-refractivity contribution in [2.75, 3.05) is 14.1 Å². The van der Waals surface area contributed by atoms with E-state index < -0.39 is 15.6 Å². The zero-order valence-corrected chi connectivity index (χ0v) is 12.8. The number of nitrogens with two attached hydrogens (primary N) is 1. The number of hydrogen-bond acceptors (Lipinski definition) is 6. The summed E-state index contributed by atoms with van der Waals surface area (Å²) in [6.45, 7) is 5.55. The van der Waals surface area contributed by atoms with Crippen LogP contribution < -0.4 is 5.73 Å². The summed E-state index contributed by atoms with van der Waals surface area (Å²) in [5, 5.41) is 3.58. The summed E-state index contributed by atoms with van der Waals surface area (Å²) in [5.41, 5.74) is 5.73. The summed E-state index contributed by atoms with van der Waals surface area (Å²) in [4.78, 5) is 4.02. The number of nitrogens with zero attached hydrogens (tertiary/aromatic N) is 4. The van der Waals surface area contributed by atoms with Gasteiger partial charge in [0.1, 0.15) is 6.33 Å². The Labute approximate surface area is 119 Å². The SMILES string of the molecule is C=C[C@H](C(N)S)C(C)c1ncn(S(=O)(=O)N(C)C)n1. The first-order chi connectivity index (χ1) is 8.71. The third kappa shape index (κ3) is 3.35. The summed E-state index contributed by atoms with van der Waals surface area (Å²) >= 11 is 4.18. The van der Waals surface area contributed by atoms with Crippen molar-refractivity contribution in [3.05, 3.63) is 24.8 Å². The molecule has 3 atom stereocenters. The normalized spacial score (nSPS) is 17.2. The van der Waals surface area contributed by atoms with Gasteiger partial charge in [-0.05, 0) is 0 Å². The molecule has 0 spiro atoms. The van der Waals surface area contributed by atoms with Crippen molar-refractivity contribution in [3.8, 4) is 0 Å². The van der Waals surface area contributed by atoms with E-state index in [9.17, 15) is 8.42 Å². The maximum Gasteiger partial charge on any atom is 0.323 e. The third-order valence-electron chi connectivity index (χ3n) is 2.84. The van der Waals surface area contributed by atoms with E-state index in [0.29, 0.717) is 5.82 Å². The molecule has 7 nitrogen and oxygen atoms in total. The average Bonchev–Trinajstić information content (AvgIpc) is 2.78. The first kappa shape index (κ1) is 16.2. The summed E-state index contributed by atoms with van der Waals surface area (Å²) in [7, 11) is -0.788. The summed E-state index contributed by atoms with van der Waals surface area (Å²) in [6, 6.07) is 0. The first-order valence-electron chi connectivity index (χ1n) is 5.62. The zero-order chi connectivity index (χ0) is 14.8. The van der Waals surface area contributed by atoms with Gasteiger partial charge in [0.05, 0.1) is 5.37 Å². The van der Waals surface area contributed by atoms with Gasteiger partial charge in [0.15, 0.2) is 5.82 Å². The topological polar surface area (TPSA) is 94.1 Å². The van der Waals surface area contributed by atoms with E-state index in [-0.39, 0.29) is 11.8 Å². The summed E-state index contributed by atoms with van der Waals surface area (Å²) < 4.78 is 25.6. The minimum absolute atomic E-state index is 0.152. The highest BCUT2D eigenvalue weighted by Gasteiger charge is 2.26. The predicted octanol–water partition coefficient (Wildman–Crippen LogP) is 0.0529. The molecule has 0 aliphatic carbocycles. The van der Waals surface area contributed by atoms with Crippen LogP contribution in [-0.4, -0.2) is 46.4 Å². The van der Waals surface area contributed by atoms with Crippen LogP contribution in [0.3, 0.4) is 0 Å². The number of rotatable bonds is 6. The molecule has 0 aliphatic rings. The van der Waals surface area contributed by atoms with Crippen LogP contribution in [0.15, 0.2) is 19.0 Å². The van der Waals surface area contributed by atoms with Crippen molar-refractivity contribution in [1.29, 1.82) is 0 Å². The monoisotopic (exact) mass is 305 g/mol. The fourth-order valence-electron chi connectivity index (χ4n) is 1.56. The van der Waals surface area contributed by atoms with Gasteiger partial charge in [-0.2, -0.15) is 25.4 Å². The molecule has 19 heavy (non-hydrogen) atoms. The standard InChI is InChI=1S/C10H19N5O2S2/c1-5-8(9(11)18)7(2)10-12-6-15(13-10)19(16,17)14(3)4/h5-9,18H,1,11H2,2-4H3/t7?,8-,9?/m0/s1. The lowest BCUT2D eigenvalue weighted by molar-refractivity contribution is 0.492. The molecular weight excluding hydrogens is 286 g/mol. The molecule has 108 valence electrons. The molecule has 2 N–H and O–H groups in total. The number of thiol groups is 1. The van der Waals surface area contributed by atoms with Crippen LogP contribution in [0.2, 0.25) is 0 Å². The van der Waals surface area contributed by atoms with Crippen LogP contribution in [0.5, 0.6) is 0 Å². The fraction of sp³-hybridized carbons (Fsp3) is 0.600. The quantitative estimate of drug-likeness (QED) is 0.440. The van der Waals surface area contributed by atoms with Crippen molar-refractivity contribution in [2.24, 2.45) is 11.7 Å². The summed E-state index contributed by atoms with van der Waals surface area (Å²) in [5.74, 6) is 0.0599. The van der Waals surface area contributed by atoms with Crippen molar-refractivity contribution >= 4 is 22.8 Å². The highest BCUT2D eigenvalue weighted by atomic mass is 32.2. The fourth-order valence-corrected chi connectivity index (χ4v) is 2.63. The molecule has 0 aliphatic heterocycles. The van der Waals surface area contributed by atoms with Gasteiger partial charge in [-0.25, -0.2) is 4.98 Å². The Morgan fingerprint density at radius 1 is 1.58 bits per heavy atom. The molecular formula is C10H19N5O2S2. The molecule has 1 aromatic heterocycles. The molecule has 1 aromatic rings. The van der Waals surface area contributed by atoms with Crippen LogP contribution >= 0.6 is 12.6 Å². The van der Waals surface area contributed by atoms with Crippen LogP contribution in [0.25, 0.3) is 0 Å². The maximum atomic E-state index is 11.9. The lowest BCUT2D eigenvalue weighted by Gasteiger charge is -2.20. The Balaban J connectivity index is 3.07. The van der Waals surface area contributed by atoms with Gasteiger partial charge >= 0.3 is 10.2 Å². The molecule has 1 heterocycles. The van der Waals surface area contributed by atoms with Gasteiger partial charge in [-0.1, -0.05) is 13.0 Å². The lowest BCUT2D eigenvalue weighted by atomic mass is 9.93. The molecule has 0 bridgehead atoms. The van der Waals surface area contributed by atoms with Crippen LogP contribution in [0.1, 0.15) is 18.7 Å². The van der Waals surface area contributed by atoms with Gasteiger partial charge in [0, 0.05) is 25.9 Å². The van der Waals surface area contributed by atoms with E-state index in [0.717, 1.165) is 8.39 Å². The molecule has 0 aromatic carbocycles. The molecule has 0 amide bonds. The molecule has 1 rings (SSSR count). The zero-order valence-electron chi connectivity index (χ0n) is 11.1. The second-order valence-corrected chi connectivity index (χ2v) is 6.95. The Kier molecular flexibility index (Phi) is 5.13. The van der Waals surface area contributed by atoms with E-state index in [2.05, 4.69) is 29.3 Å². The molecule has 0 saturated carbocycles. The molecule has 0 radical (unpaired) electrons. The van der Waals surface area contributed by atoms with Gasteiger partial charge in [0.2, 0.25) is 0 Å². The number of aromatic nitrogens is 3. The molecule has 0 fully saturated rings. The second kappa shape index (κ2) is 6.04. The van der Waals surface area contributed by atoms with Crippen molar-refractivity contribution in [3.63, 3.8) is 0 Å². The van der Waals surface area contributed by atoms with Crippen LogP contribution in [-0.2, 0) is 10.2 Å². The lowest BCUT2D eigenvalue weighted by Crippen LogP contribution is -2.30. The Bertz CT molecular complexity index is 538. The van der Waals surface area contributed by atoms with Gasteiger partial charge in [-0.15, -0.1) is 15.8 Å². The second-order valence-electron chi connectivity index (χ2n) is 4.36. The number of hydrogen-bond donors (Lipinski definition) is 2. The maximum absolute atomic E-state index is 11.9. The third-order valence-corrected chi connectivity index (χ3v) is 4.75. The predicted molar refractivity (Wildman–Crippen MR) is 77.1 cm³/mol. The Hall–Kier alpha value is -0.900. The highest BCUT2D eigenvalue weighted by Crippen LogP contribution is 2.25. The average molecular weight is 305 g/mol. The minimum atomic E-state index is -3.64. The van der Waals surface area contributed by atoms with E-state index >= 15 is 0 Å². The smallest absolute Gasteiger partial charge is 0.319 e. The molecule has 0 saturated heterocycles. The molecule has 2 unspecified atom stereocenters. The highest BCUT2D eigenvalue weighted by molar-refractivity contribution is 7.87. The Morgan fingerprint density at radius 3 is 2.58 bits per heavy atom. The van der Waals surface area contributed by atoms with Gasteiger partial charge < -0.3 is 5.73 Å². The van der Waals surface area contributed by atoms with Crippen LogP contribution in [0.4, 0.5) is 0 Å². The Morgan fingerprint density at radius 2 is 2.16 bits per heavy atom. The van der Waals surface area contributed by atoms with Crippen molar-refractivity contribution < 1.29 is 8.42 Å². The van der Waals surface area contributed by atoms with Crippen molar-refractivity contribution in [2.45, 2.75) is 18.2 Å².